The number of alkyl halides is 3. The molecule has 4 aromatic rings. The Bertz CT molecular complexity index is 1700. The molecule has 1 saturated heterocycles. The Morgan fingerprint density at radius 2 is 1.80 bits per heavy atom. The molecule has 0 spiro atoms. The number of nitrogens with zero attached hydrogens (tertiary/aromatic N) is 4. The van der Waals surface area contributed by atoms with E-state index in [0.29, 0.717) is 63.6 Å². The number of thioether (sulfide) groups is 1. The van der Waals surface area contributed by atoms with Crippen LogP contribution in [0.25, 0.3) is 27.5 Å². The predicted molar refractivity (Wildman–Crippen MR) is 171 cm³/mol. The van der Waals surface area contributed by atoms with Crippen LogP contribution < -0.4 is 0 Å². The van der Waals surface area contributed by atoms with Crippen molar-refractivity contribution in [2.24, 2.45) is 5.92 Å². The van der Waals surface area contributed by atoms with Crippen molar-refractivity contribution in [3.8, 4) is 27.5 Å². The number of hydrogen-bond donors (Lipinski definition) is 1. The normalized spacial score (nSPS) is 14.6. The zero-order chi connectivity index (χ0) is 31.9. The molecule has 5 rings (SSSR count). The van der Waals surface area contributed by atoms with Crippen LogP contribution in [0.15, 0.2) is 40.6 Å². The number of piperidine rings is 1. The van der Waals surface area contributed by atoms with Gasteiger partial charge in [-0.25, -0.2) is 4.98 Å². The molecule has 1 fully saturated rings. The zero-order valence-corrected chi connectivity index (χ0v) is 27.6. The van der Waals surface area contributed by atoms with E-state index in [1.54, 1.807) is 48.7 Å². The predicted octanol–water partition coefficient (Wildman–Crippen LogP) is 8.95. The fourth-order valence-corrected chi connectivity index (χ4v) is 8.05. The summed E-state index contributed by atoms with van der Waals surface area (Å²) in [5.41, 5.74) is 2.14. The molecule has 44 heavy (non-hydrogen) atoms. The van der Waals surface area contributed by atoms with Crippen LogP contribution in [-0.2, 0) is 6.18 Å². The average molecular weight is 684 g/mol. The van der Waals surface area contributed by atoms with E-state index in [4.69, 9.17) is 33.3 Å². The fraction of sp³-hybridized carbons (Fsp3) is 0.387. The van der Waals surface area contributed by atoms with Crippen LogP contribution in [0.3, 0.4) is 0 Å². The van der Waals surface area contributed by atoms with Gasteiger partial charge in [0.25, 0.3) is 5.91 Å². The third kappa shape index (κ3) is 6.82. The number of amides is 1. The quantitative estimate of drug-likeness (QED) is 0.197. The Balaban J connectivity index is 1.72. The van der Waals surface area contributed by atoms with Crippen LogP contribution in [0.2, 0.25) is 10.0 Å². The van der Waals surface area contributed by atoms with Crippen LogP contribution >= 0.6 is 46.3 Å². The first-order valence-corrected chi connectivity index (χ1v) is 16.5. The summed E-state index contributed by atoms with van der Waals surface area (Å²) in [5, 5.41) is 15.7. The molecular weight excluding hydrogens is 652 g/mol. The van der Waals surface area contributed by atoms with E-state index in [-0.39, 0.29) is 34.9 Å². The van der Waals surface area contributed by atoms with E-state index < -0.39 is 11.7 Å². The first-order valence-electron chi connectivity index (χ1n) is 14.1. The second-order valence-electron chi connectivity index (χ2n) is 11.2. The molecule has 6 nitrogen and oxygen atoms in total. The average Bonchev–Trinajstić information content (AvgIpc) is 3.53. The number of aliphatic hydroxyl groups excluding tert-OH is 1. The second kappa shape index (κ2) is 13.0. The summed E-state index contributed by atoms with van der Waals surface area (Å²) in [6.07, 6.45) is -3.31. The van der Waals surface area contributed by atoms with Crippen molar-refractivity contribution < 1.29 is 23.1 Å². The molecule has 13 heteroatoms. The third-order valence-corrected chi connectivity index (χ3v) is 10.4. The van der Waals surface area contributed by atoms with Gasteiger partial charge in [0.05, 0.1) is 31.2 Å². The molecule has 0 unspecified atom stereocenters. The number of hydrogen-bond acceptors (Lipinski definition) is 6. The number of aryl methyl sites for hydroxylation is 2. The highest BCUT2D eigenvalue weighted by atomic mass is 35.5. The molecule has 1 aliphatic heterocycles. The monoisotopic (exact) mass is 682 g/mol. The number of thiazole rings is 1. The largest absolute Gasteiger partial charge is 0.416 e. The molecule has 1 N–H and O–H groups in total. The number of rotatable bonds is 7. The zero-order valence-electron chi connectivity index (χ0n) is 24.5. The van der Waals surface area contributed by atoms with E-state index in [2.05, 4.69) is 13.8 Å². The van der Waals surface area contributed by atoms with Gasteiger partial charge < -0.3 is 10.0 Å². The SMILES string of the molecule is Cc1cc(-c2c(C)nn(-c3nc(-c4ccc(Cl)c(Cl)c4)c(SC(C)C)s3)c2C(=O)N2CCC(CO)CC2)cc(C(F)(F)F)c1. The maximum absolute atomic E-state index is 14.3. The lowest BCUT2D eigenvalue weighted by atomic mass is 9.95. The summed E-state index contributed by atoms with van der Waals surface area (Å²) in [5.74, 6) is -0.254. The lowest BCUT2D eigenvalue weighted by molar-refractivity contribution is -0.137. The number of aromatic nitrogens is 3. The summed E-state index contributed by atoms with van der Waals surface area (Å²) in [7, 11) is 0. The molecule has 2 aromatic heterocycles. The lowest BCUT2D eigenvalue weighted by Gasteiger charge is -2.31. The minimum atomic E-state index is -4.56. The van der Waals surface area contributed by atoms with Crippen LogP contribution in [0.5, 0.6) is 0 Å². The minimum Gasteiger partial charge on any atom is -0.396 e. The second-order valence-corrected chi connectivity index (χ2v) is 14.8. The van der Waals surface area contributed by atoms with Crippen molar-refractivity contribution in [2.45, 2.75) is 56.2 Å². The molecule has 0 saturated carbocycles. The van der Waals surface area contributed by atoms with Gasteiger partial charge in [0.15, 0.2) is 0 Å². The fourth-order valence-electron chi connectivity index (χ4n) is 5.27. The number of likely N-dealkylation sites (tertiary alicyclic amines) is 1. The summed E-state index contributed by atoms with van der Waals surface area (Å²) in [6.45, 7) is 8.26. The summed E-state index contributed by atoms with van der Waals surface area (Å²) < 4.78 is 44.0. The number of aliphatic hydroxyl groups is 1. The maximum atomic E-state index is 14.3. The Morgan fingerprint density at radius 3 is 2.41 bits per heavy atom. The molecule has 1 amide bonds. The maximum Gasteiger partial charge on any atom is 0.416 e. The highest BCUT2D eigenvalue weighted by molar-refractivity contribution is 8.01. The van der Waals surface area contributed by atoms with Gasteiger partial charge >= 0.3 is 6.18 Å². The van der Waals surface area contributed by atoms with Crippen molar-refractivity contribution in [1.29, 1.82) is 0 Å². The molecule has 1 aliphatic rings. The van der Waals surface area contributed by atoms with Gasteiger partial charge in [0.2, 0.25) is 5.13 Å². The smallest absolute Gasteiger partial charge is 0.396 e. The minimum absolute atomic E-state index is 0.0424. The summed E-state index contributed by atoms with van der Waals surface area (Å²) >= 11 is 15.5. The van der Waals surface area contributed by atoms with E-state index in [9.17, 15) is 23.1 Å². The van der Waals surface area contributed by atoms with E-state index in [1.807, 2.05) is 6.07 Å². The third-order valence-electron chi connectivity index (χ3n) is 7.42. The van der Waals surface area contributed by atoms with Crippen molar-refractivity contribution in [2.75, 3.05) is 19.7 Å². The van der Waals surface area contributed by atoms with E-state index >= 15 is 0 Å². The Kier molecular flexibility index (Phi) is 9.72. The molecule has 0 radical (unpaired) electrons. The molecule has 234 valence electrons. The lowest BCUT2D eigenvalue weighted by Crippen LogP contribution is -2.40. The van der Waals surface area contributed by atoms with Gasteiger partial charge in [-0.1, -0.05) is 60.5 Å². The van der Waals surface area contributed by atoms with Gasteiger partial charge in [0.1, 0.15) is 5.69 Å². The van der Waals surface area contributed by atoms with Gasteiger partial charge in [-0.15, -0.1) is 11.8 Å². The van der Waals surface area contributed by atoms with Crippen molar-refractivity contribution >= 4 is 52.2 Å². The summed E-state index contributed by atoms with van der Waals surface area (Å²) in [4.78, 5) is 20.9. The van der Waals surface area contributed by atoms with Crippen LogP contribution in [0.1, 0.15) is 54.0 Å². The number of halogens is 5. The molecule has 0 atom stereocenters. The Morgan fingerprint density at radius 1 is 1.09 bits per heavy atom. The first-order chi connectivity index (χ1) is 20.8. The highest BCUT2D eigenvalue weighted by Crippen LogP contribution is 2.43. The van der Waals surface area contributed by atoms with Gasteiger partial charge in [-0.2, -0.15) is 23.0 Å². The summed E-state index contributed by atoms with van der Waals surface area (Å²) in [6, 6.07) is 9.04. The first kappa shape index (κ1) is 32.8. The molecular formula is C31H31Cl2F3N4O2S2. The number of carbonyl (C=O) groups excluding carboxylic acids is 1. The van der Waals surface area contributed by atoms with Crippen LogP contribution in [0, 0.1) is 19.8 Å². The van der Waals surface area contributed by atoms with Gasteiger partial charge in [-0.05, 0) is 68.0 Å². The van der Waals surface area contributed by atoms with E-state index in [0.717, 1.165) is 21.9 Å². The molecule has 2 aromatic carbocycles. The molecule has 0 aliphatic carbocycles. The van der Waals surface area contributed by atoms with Crippen LogP contribution in [0.4, 0.5) is 13.2 Å². The molecule has 3 heterocycles. The highest BCUT2D eigenvalue weighted by Gasteiger charge is 2.35. The molecule has 0 bridgehead atoms. The number of carbonyl (C=O) groups is 1. The van der Waals surface area contributed by atoms with E-state index in [1.165, 1.54) is 16.0 Å². The van der Waals surface area contributed by atoms with Crippen LogP contribution in [-0.4, -0.2) is 55.6 Å². The van der Waals surface area contributed by atoms with Crippen molar-refractivity contribution in [3.63, 3.8) is 0 Å². The standard InChI is InChI=1S/C31H31Cl2F3N4O2S2/c1-16(2)43-29-26(20-5-6-23(32)24(33)14-20)37-30(44-29)40-27(28(42)39-9-7-19(15-41)8-10-39)25(18(4)38-40)21-11-17(3)12-22(13-21)31(34,35)36/h5-6,11-14,16,19,41H,7-10,15H2,1-4H3. The Hall–Kier alpha value is -2.57. The van der Waals surface area contributed by atoms with Crippen molar-refractivity contribution in [1.82, 2.24) is 19.7 Å². The topological polar surface area (TPSA) is 71.2 Å². The van der Waals surface area contributed by atoms with Gasteiger partial charge in [0, 0.05) is 36.1 Å². The van der Waals surface area contributed by atoms with Gasteiger partial charge in [-0.3, -0.25) is 4.79 Å². The Labute approximate surface area is 272 Å². The number of benzene rings is 2. The van der Waals surface area contributed by atoms with Crippen molar-refractivity contribution in [3.05, 3.63) is 69.0 Å².